The average molecular weight is 254 g/mol. The van der Waals surface area contributed by atoms with Gasteiger partial charge in [0.25, 0.3) is 0 Å². The first-order valence-electron chi connectivity index (χ1n) is 5.62. The minimum absolute atomic E-state index is 0.113. The smallest absolute Gasteiger partial charge is 0.241 e. The molecule has 1 aliphatic rings. The second-order valence-corrected chi connectivity index (χ2v) is 4.73. The van der Waals surface area contributed by atoms with E-state index in [2.05, 4.69) is 0 Å². The van der Waals surface area contributed by atoms with E-state index in [1.807, 2.05) is 18.0 Å². The first kappa shape index (κ1) is 12.0. The molecular formula is C12H16ClN3O. The van der Waals surface area contributed by atoms with Crippen LogP contribution in [0.15, 0.2) is 18.2 Å². The Balaban J connectivity index is 2.26. The van der Waals surface area contributed by atoms with Crippen molar-refractivity contribution in [1.29, 1.82) is 0 Å². The Hall–Kier alpha value is -1.42. The third kappa shape index (κ3) is 2.64. The summed E-state index contributed by atoms with van der Waals surface area (Å²) in [5.74, 6) is 0.113. The number of likely N-dealkylation sites (N-methyl/N-ethyl adjacent to an activating group) is 1. The topological polar surface area (TPSA) is 49.6 Å². The molecule has 0 unspecified atom stereocenters. The number of amides is 1. The molecule has 1 saturated heterocycles. The molecule has 1 aromatic rings. The Kier molecular flexibility index (Phi) is 3.43. The molecule has 2 rings (SSSR count). The van der Waals surface area contributed by atoms with Gasteiger partial charge in [-0.05, 0) is 24.6 Å². The molecule has 0 radical (unpaired) electrons. The summed E-state index contributed by atoms with van der Waals surface area (Å²) in [5.41, 5.74) is 7.43. The Labute approximate surface area is 106 Å². The third-order valence-corrected chi connectivity index (χ3v) is 3.24. The molecule has 17 heavy (non-hydrogen) atoms. The molecule has 1 amide bonds. The van der Waals surface area contributed by atoms with Gasteiger partial charge in [-0.25, -0.2) is 0 Å². The van der Waals surface area contributed by atoms with E-state index in [0.29, 0.717) is 17.3 Å². The van der Waals surface area contributed by atoms with Crippen LogP contribution >= 0.6 is 11.6 Å². The van der Waals surface area contributed by atoms with Crippen LogP contribution in [-0.4, -0.2) is 37.5 Å². The van der Waals surface area contributed by atoms with E-state index in [9.17, 15) is 4.79 Å². The number of nitrogens with two attached hydrogens (primary N) is 1. The normalized spacial score (nSPS) is 17.2. The van der Waals surface area contributed by atoms with Crippen LogP contribution in [0.2, 0.25) is 5.02 Å². The van der Waals surface area contributed by atoms with E-state index in [-0.39, 0.29) is 5.91 Å². The highest BCUT2D eigenvalue weighted by molar-refractivity contribution is 6.31. The van der Waals surface area contributed by atoms with Crippen LogP contribution in [0.5, 0.6) is 0 Å². The van der Waals surface area contributed by atoms with Crippen molar-refractivity contribution in [3.8, 4) is 0 Å². The van der Waals surface area contributed by atoms with Crippen LogP contribution in [0.4, 0.5) is 11.4 Å². The summed E-state index contributed by atoms with van der Waals surface area (Å²) in [6.07, 6.45) is 0.939. The van der Waals surface area contributed by atoms with Crippen molar-refractivity contribution >= 4 is 28.9 Å². The second kappa shape index (κ2) is 4.84. The van der Waals surface area contributed by atoms with Gasteiger partial charge in [0.05, 0.1) is 17.9 Å². The lowest BCUT2D eigenvalue weighted by atomic mass is 10.2. The largest absolute Gasteiger partial charge is 0.397 e. The predicted molar refractivity (Wildman–Crippen MR) is 70.3 cm³/mol. The van der Waals surface area contributed by atoms with Gasteiger partial charge in [0.1, 0.15) is 0 Å². The van der Waals surface area contributed by atoms with Gasteiger partial charge in [0.2, 0.25) is 5.91 Å². The van der Waals surface area contributed by atoms with Gasteiger partial charge in [0, 0.05) is 25.2 Å². The summed E-state index contributed by atoms with van der Waals surface area (Å²) >= 11 is 5.96. The standard InChI is InChI=1S/C12H16ClN3O/c1-15-5-2-6-16(8-12(15)17)11-7-9(13)3-4-10(11)14/h3-4,7H,2,5-6,8,14H2,1H3. The van der Waals surface area contributed by atoms with Gasteiger partial charge in [0.15, 0.2) is 0 Å². The molecular weight excluding hydrogens is 238 g/mol. The molecule has 1 aliphatic heterocycles. The molecule has 1 aromatic carbocycles. The molecule has 0 spiro atoms. The number of nitrogen functional groups attached to an aromatic ring is 1. The van der Waals surface area contributed by atoms with Gasteiger partial charge in [-0.3, -0.25) is 4.79 Å². The third-order valence-electron chi connectivity index (χ3n) is 3.01. The van der Waals surface area contributed by atoms with Gasteiger partial charge in [-0.2, -0.15) is 0 Å². The fraction of sp³-hybridized carbons (Fsp3) is 0.417. The van der Waals surface area contributed by atoms with Crippen molar-refractivity contribution in [1.82, 2.24) is 4.90 Å². The number of carbonyl (C=O) groups excluding carboxylic acids is 1. The summed E-state index contributed by atoms with van der Waals surface area (Å²) in [6, 6.07) is 5.35. The Morgan fingerprint density at radius 2 is 2.12 bits per heavy atom. The number of rotatable bonds is 1. The first-order valence-corrected chi connectivity index (χ1v) is 5.99. The van der Waals surface area contributed by atoms with E-state index in [1.54, 1.807) is 17.0 Å². The maximum Gasteiger partial charge on any atom is 0.241 e. The molecule has 1 heterocycles. The van der Waals surface area contributed by atoms with Crippen LogP contribution in [0.25, 0.3) is 0 Å². The summed E-state index contributed by atoms with van der Waals surface area (Å²) < 4.78 is 0. The molecule has 1 fully saturated rings. The number of benzene rings is 1. The minimum atomic E-state index is 0.113. The second-order valence-electron chi connectivity index (χ2n) is 4.29. The zero-order valence-corrected chi connectivity index (χ0v) is 10.6. The van der Waals surface area contributed by atoms with Crippen LogP contribution in [0.1, 0.15) is 6.42 Å². The van der Waals surface area contributed by atoms with Gasteiger partial charge in [-0.15, -0.1) is 0 Å². The van der Waals surface area contributed by atoms with E-state index in [0.717, 1.165) is 25.2 Å². The summed E-state index contributed by atoms with van der Waals surface area (Å²) in [4.78, 5) is 15.5. The SMILES string of the molecule is CN1CCCN(c2cc(Cl)ccc2N)CC1=O. The maximum absolute atomic E-state index is 11.8. The van der Waals surface area contributed by atoms with E-state index >= 15 is 0 Å². The Morgan fingerprint density at radius 3 is 2.88 bits per heavy atom. The Bertz CT molecular complexity index is 436. The maximum atomic E-state index is 11.8. The van der Waals surface area contributed by atoms with Gasteiger partial charge in [-0.1, -0.05) is 11.6 Å². The van der Waals surface area contributed by atoms with Crippen molar-refractivity contribution in [2.24, 2.45) is 0 Å². The monoisotopic (exact) mass is 253 g/mol. The van der Waals surface area contributed by atoms with Crippen molar-refractivity contribution in [2.45, 2.75) is 6.42 Å². The van der Waals surface area contributed by atoms with Crippen molar-refractivity contribution in [2.75, 3.05) is 37.3 Å². The molecule has 0 aliphatic carbocycles. The number of anilines is 2. The lowest BCUT2D eigenvalue weighted by molar-refractivity contribution is -0.127. The van der Waals surface area contributed by atoms with Crippen LogP contribution in [0.3, 0.4) is 0 Å². The summed E-state index contributed by atoms with van der Waals surface area (Å²) in [6.45, 7) is 1.97. The first-order chi connectivity index (χ1) is 8.08. The molecule has 0 saturated carbocycles. The van der Waals surface area contributed by atoms with Crippen molar-refractivity contribution in [3.05, 3.63) is 23.2 Å². The summed E-state index contributed by atoms with van der Waals surface area (Å²) in [7, 11) is 1.83. The lowest BCUT2D eigenvalue weighted by Crippen LogP contribution is -2.34. The molecule has 4 nitrogen and oxygen atoms in total. The fourth-order valence-corrected chi connectivity index (χ4v) is 2.15. The highest BCUT2D eigenvalue weighted by Crippen LogP contribution is 2.27. The molecule has 0 aromatic heterocycles. The molecule has 5 heteroatoms. The molecule has 2 N–H and O–H groups in total. The van der Waals surface area contributed by atoms with Crippen LogP contribution in [-0.2, 0) is 4.79 Å². The van der Waals surface area contributed by atoms with Gasteiger partial charge < -0.3 is 15.5 Å². The molecule has 0 atom stereocenters. The number of carbonyl (C=O) groups is 1. The van der Waals surface area contributed by atoms with E-state index in [1.165, 1.54) is 0 Å². The minimum Gasteiger partial charge on any atom is -0.397 e. The zero-order valence-electron chi connectivity index (χ0n) is 9.82. The quantitative estimate of drug-likeness (QED) is 0.774. The highest BCUT2D eigenvalue weighted by Gasteiger charge is 2.20. The number of nitrogens with zero attached hydrogens (tertiary/aromatic N) is 2. The lowest BCUT2D eigenvalue weighted by Gasteiger charge is -2.23. The number of halogens is 1. The zero-order chi connectivity index (χ0) is 12.4. The highest BCUT2D eigenvalue weighted by atomic mass is 35.5. The summed E-state index contributed by atoms with van der Waals surface area (Å²) in [5, 5.41) is 0.638. The van der Waals surface area contributed by atoms with E-state index < -0.39 is 0 Å². The Morgan fingerprint density at radius 1 is 1.35 bits per heavy atom. The molecule has 0 bridgehead atoms. The fourth-order valence-electron chi connectivity index (χ4n) is 1.98. The predicted octanol–water partition coefficient (Wildman–Crippen LogP) is 1.59. The van der Waals surface area contributed by atoms with E-state index in [4.69, 9.17) is 17.3 Å². The number of hydrogen-bond donors (Lipinski definition) is 1. The average Bonchev–Trinajstić information content (AvgIpc) is 2.45. The number of hydrogen-bond acceptors (Lipinski definition) is 3. The van der Waals surface area contributed by atoms with Crippen LogP contribution < -0.4 is 10.6 Å². The van der Waals surface area contributed by atoms with Crippen molar-refractivity contribution in [3.63, 3.8) is 0 Å². The molecule has 92 valence electrons. The van der Waals surface area contributed by atoms with Gasteiger partial charge >= 0.3 is 0 Å². The van der Waals surface area contributed by atoms with Crippen LogP contribution in [0, 0.1) is 0 Å². The van der Waals surface area contributed by atoms with Crippen molar-refractivity contribution < 1.29 is 4.79 Å².